The molecule has 2 amide bonds. The van der Waals surface area contributed by atoms with Crippen molar-refractivity contribution in [2.45, 2.75) is 44.4 Å². The minimum atomic E-state index is -3.96. The van der Waals surface area contributed by atoms with Gasteiger partial charge in [-0.05, 0) is 51.0 Å². The van der Waals surface area contributed by atoms with Crippen LogP contribution in [-0.4, -0.2) is 56.5 Å². The number of benzene rings is 1. The van der Waals surface area contributed by atoms with Gasteiger partial charge in [0.15, 0.2) is 0 Å². The van der Waals surface area contributed by atoms with E-state index in [1.165, 1.54) is 13.0 Å². The van der Waals surface area contributed by atoms with Crippen LogP contribution >= 0.6 is 0 Å². The molecule has 27 heavy (non-hydrogen) atoms. The summed E-state index contributed by atoms with van der Waals surface area (Å²) in [5, 5.41) is 4.84. The van der Waals surface area contributed by atoms with Gasteiger partial charge in [-0.3, -0.25) is 9.59 Å². The van der Waals surface area contributed by atoms with Gasteiger partial charge in [0.1, 0.15) is 12.0 Å². The molecular weight excluding hydrogens is 377 g/mol. The Kier molecular flexibility index (Phi) is 6.90. The van der Waals surface area contributed by atoms with E-state index in [1.807, 2.05) is 0 Å². The fourth-order valence-corrected chi connectivity index (χ4v) is 4.49. The topological polar surface area (TPSA) is 105 Å². The molecule has 0 unspecified atom stereocenters. The van der Waals surface area contributed by atoms with Gasteiger partial charge in [0.25, 0.3) is 0 Å². The molecule has 8 nitrogen and oxygen atoms in total. The normalized spacial score (nSPS) is 18.3. The summed E-state index contributed by atoms with van der Waals surface area (Å²) in [5.41, 5.74) is 0.277. The van der Waals surface area contributed by atoms with Gasteiger partial charge >= 0.3 is 11.8 Å². The van der Waals surface area contributed by atoms with Gasteiger partial charge in [0.2, 0.25) is 10.0 Å². The van der Waals surface area contributed by atoms with Crippen molar-refractivity contribution in [2.75, 3.05) is 19.7 Å². The van der Waals surface area contributed by atoms with Crippen LogP contribution in [0.4, 0.5) is 4.39 Å². The summed E-state index contributed by atoms with van der Waals surface area (Å²) in [6.45, 7) is 5.28. The van der Waals surface area contributed by atoms with Crippen molar-refractivity contribution in [2.24, 2.45) is 0 Å². The highest BCUT2D eigenvalue weighted by molar-refractivity contribution is 7.89. The number of carbonyl (C=O) groups is 2. The molecule has 1 aliphatic rings. The van der Waals surface area contributed by atoms with Gasteiger partial charge in [-0.25, -0.2) is 12.8 Å². The van der Waals surface area contributed by atoms with Gasteiger partial charge in [0.05, 0.1) is 18.0 Å². The maximum absolute atomic E-state index is 13.3. The molecule has 150 valence electrons. The molecule has 0 radical (unpaired) electrons. The van der Waals surface area contributed by atoms with Gasteiger partial charge in [0, 0.05) is 12.6 Å². The molecule has 10 heteroatoms. The minimum Gasteiger partial charge on any atom is -0.360 e. The molecular formula is C17H24FN3O5S. The van der Waals surface area contributed by atoms with Gasteiger partial charge in [-0.15, -0.1) is 0 Å². The van der Waals surface area contributed by atoms with Crippen molar-refractivity contribution < 1.29 is 27.1 Å². The molecule has 0 aromatic heterocycles. The first-order valence-electron chi connectivity index (χ1n) is 8.61. The second-order valence-electron chi connectivity index (χ2n) is 6.54. The third kappa shape index (κ3) is 5.24. The second kappa shape index (κ2) is 8.77. The van der Waals surface area contributed by atoms with Crippen LogP contribution in [0.25, 0.3) is 0 Å². The fraction of sp³-hybridized carbons (Fsp3) is 0.529. The predicted molar refractivity (Wildman–Crippen MR) is 95.7 cm³/mol. The molecule has 1 aromatic rings. The van der Waals surface area contributed by atoms with Crippen LogP contribution in [0.3, 0.4) is 0 Å². The van der Waals surface area contributed by atoms with E-state index >= 15 is 0 Å². The molecule has 0 saturated carbocycles. The van der Waals surface area contributed by atoms with E-state index in [4.69, 9.17) is 4.74 Å². The molecule has 1 fully saturated rings. The number of rotatable bonds is 5. The highest BCUT2D eigenvalue weighted by atomic mass is 32.2. The van der Waals surface area contributed by atoms with Crippen molar-refractivity contribution in [3.8, 4) is 0 Å². The molecule has 0 bridgehead atoms. The zero-order chi connectivity index (χ0) is 20.2. The van der Waals surface area contributed by atoms with Crippen molar-refractivity contribution in [1.29, 1.82) is 0 Å². The Labute approximate surface area is 158 Å². The average molecular weight is 401 g/mol. The molecule has 2 N–H and O–H groups in total. The lowest BCUT2D eigenvalue weighted by atomic mass is 10.2. The first-order valence-corrected chi connectivity index (χ1v) is 10.0. The number of nitrogens with one attached hydrogen (secondary N) is 2. The highest BCUT2D eigenvalue weighted by Crippen LogP contribution is 2.25. The smallest absolute Gasteiger partial charge is 0.309 e. The lowest BCUT2D eigenvalue weighted by molar-refractivity contribution is -0.140. The van der Waals surface area contributed by atoms with Crippen molar-refractivity contribution in [1.82, 2.24) is 14.9 Å². The Hall–Kier alpha value is -2.04. The van der Waals surface area contributed by atoms with Crippen LogP contribution in [0.5, 0.6) is 0 Å². The summed E-state index contributed by atoms with van der Waals surface area (Å²) in [4.78, 5) is 23.5. The van der Waals surface area contributed by atoms with Crippen LogP contribution in [0.2, 0.25) is 0 Å². The summed E-state index contributed by atoms with van der Waals surface area (Å²) < 4.78 is 45.9. The lowest BCUT2D eigenvalue weighted by Crippen LogP contribution is -2.53. The first kappa shape index (κ1) is 21.3. The zero-order valence-electron chi connectivity index (χ0n) is 15.5. The number of ether oxygens (including phenoxy) is 1. The zero-order valence-corrected chi connectivity index (χ0v) is 16.3. The SMILES string of the molecule is Cc1cc(F)ccc1S(=O)(=O)N1CCCO[C@@H]1CNC(=O)C(=O)NC(C)C. The Balaban J connectivity index is 2.14. The van der Waals surface area contributed by atoms with Gasteiger partial charge in [-0.2, -0.15) is 4.31 Å². The molecule has 1 saturated heterocycles. The highest BCUT2D eigenvalue weighted by Gasteiger charge is 2.35. The van der Waals surface area contributed by atoms with Crippen LogP contribution in [-0.2, 0) is 24.3 Å². The van der Waals surface area contributed by atoms with E-state index < -0.39 is 33.9 Å². The van der Waals surface area contributed by atoms with Crippen molar-refractivity contribution in [3.63, 3.8) is 0 Å². The van der Waals surface area contributed by atoms with E-state index in [-0.39, 0.29) is 29.6 Å². The Morgan fingerprint density at radius 2 is 2.04 bits per heavy atom. The van der Waals surface area contributed by atoms with E-state index in [0.29, 0.717) is 13.0 Å². The molecule has 0 spiro atoms. The summed E-state index contributed by atoms with van der Waals surface area (Å²) >= 11 is 0. The minimum absolute atomic E-state index is 0.0247. The summed E-state index contributed by atoms with van der Waals surface area (Å²) in [7, 11) is -3.96. The van der Waals surface area contributed by atoms with Gasteiger partial charge < -0.3 is 15.4 Å². The standard InChI is InChI=1S/C17H24FN3O5S/c1-11(2)20-17(23)16(22)19-10-15-21(7-4-8-26-15)27(24,25)14-6-5-13(18)9-12(14)3/h5-6,9,11,15H,4,7-8,10H2,1-3H3,(H,19,22)(H,20,23)/t15-/m1/s1. The quantitative estimate of drug-likeness (QED) is 0.700. The number of hydrogen-bond acceptors (Lipinski definition) is 5. The second-order valence-corrected chi connectivity index (χ2v) is 8.40. The van der Waals surface area contributed by atoms with E-state index in [9.17, 15) is 22.4 Å². The molecule has 0 aliphatic carbocycles. The third-order valence-electron chi connectivity index (χ3n) is 3.94. The Bertz CT molecular complexity index is 813. The number of halogens is 1. The summed E-state index contributed by atoms with van der Waals surface area (Å²) in [6, 6.07) is 3.23. The largest absolute Gasteiger partial charge is 0.360 e. The number of nitrogens with zero attached hydrogens (tertiary/aromatic N) is 1. The lowest BCUT2D eigenvalue weighted by Gasteiger charge is -2.34. The van der Waals surface area contributed by atoms with E-state index in [1.54, 1.807) is 13.8 Å². The first-order chi connectivity index (χ1) is 12.6. The maximum atomic E-state index is 13.3. The van der Waals surface area contributed by atoms with Crippen LogP contribution in [0, 0.1) is 12.7 Å². The maximum Gasteiger partial charge on any atom is 0.309 e. The Morgan fingerprint density at radius 1 is 1.33 bits per heavy atom. The number of aryl methyl sites for hydroxylation is 1. The third-order valence-corrected chi connectivity index (χ3v) is 5.99. The molecule has 1 atom stereocenters. The fourth-order valence-electron chi connectivity index (χ4n) is 2.72. The summed E-state index contributed by atoms with van der Waals surface area (Å²) in [6.07, 6.45) is -0.471. The van der Waals surface area contributed by atoms with Gasteiger partial charge in [-0.1, -0.05) is 0 Å². The predicted octanol–water partition coefficient (Wildman–Crippen LogP) is 0.512. The molecule has 1 aromatic carbocycles. The van der Waals surface area contributed by atoms with E-state index in [0.717, 1.165) is 16.4 Å². The summed E-state index contributed by atoms with van der Waals surface area (Å²) in [5.74, 6) is -2.20. The molecule has 1 heterocycles. The number of sulfonamides is 1. The molecule has 2 rings (SSSR count). The van der Waals surface area contributed by atoms with Crippen molar-refractivity contribution in [3.05, 3.63) is 29.6 Å². The average Bonchev–Trinajstić information content (AvgIpc) is 2.58. The number of carbonyl (C=O) groups excluding carboxylic acids is 2. The van der Waals surface area contributed by atoms with Crippen molar-refractivity contribution >= 4 is 21.8 Å². The number of amides is 2. The monoisotopic (exact) mass is 401 g/mol. The Morgan fingerprint density at radius 3 is 2.67 bits per heavy atom. The van der Waals surface area contributed by atoms with E-state index in [2.05, 4.69) is 10.6 Å². The molecule has 1 aliphatic heterocycles. The van der Waals surface area contributed by atoms with Crippen LogP contribution in [0.1, 0.15) is 25.8 Å². The van der Waals surface area contributed by atoms with Crippen LogP contribution < -0.4 is 10.6 Å². The van der Waals surface area contributed by atoms with Crippen LogP contribution in [0.15, 0.2) is 23.1 Å². The number of hydrogen-bond donors (Lipinski definition) is 2.